The zero-order chi connectivity index (χ0) is 19.8. The highest BCUT2D eigenvalue weighted by Crippen LogP contribution is 2.27. The topological polar surface area (TPSA) is 88.8 Å². The summed E-state index contributed by atoms with van der Waals surface area (Å²) in [4.78, 5) is 32.0. The fourth-order valence-electron chi connectivity index (χ4n) is 3.40. The van der Waals surface area contributed by atoms with Gasteiger partial charge in [0.25, 0.3) is 0 Å². The van der Waals surface area contributed by atoms with E-state index in [2.05, 4.69) is 15.4 Å². The van der Waals surface area contributed by atoms with Crippen molar-refractivity contribution in [3.63, 3.8) is 0 Å². The predicted octanol–water partition coefficient (Wildman–Crippen LogP) is 2.09. The normalized spacial score (nSPS) is 16.8. The Hall–Kier alpha value is -2.94. The average Bonchev–Trinajstić information content (AvgIpc) is 3.32. The van der Waals surface area contributed by atoms with Gasteiger partial charge in [0.05, 0.1) is 31.0 Å². The molecule has 0 spiro atoms. The minimum atomic E-state index is -0.379. The van der Waals surface area contributed by atoms with Crippen LogP contribution in [0.25, 0.3) is 4.96 Å². The third-order valence-electron chi connectivity index (χ3n) is 4.91. The van der Waals surface area contributed by atoms with Crippen LogP contribution in [0.15, 0.2) is 24.3 Å². The molecule has 146 valence electrons. The SMILES string of the molecule is COc1ccc(N2CC(C(=O)NCc3c(C)nc4sc(C)nn34)CC2=O)cc1. The average molecular weight is 399 g/mol. The van der Waals surface area contributed by atoms with Crippen molar-refractivity contribution in [1.29, 1.82) is 0 Å². The number of hydrogen-bond donors (Lipinski definition) is 1. The monoisotopic (exact) mass is 399 g/mol. The van der Waals surface area contributed by atoms with Gasteiger partial charge in [-0.05, 0) is 38.1 Å². The van der Waals surface area contributed by atoms with Gasteiger partial charge in [0.15, 0.2) is 0 Å². The quantitative estimate of drug-likeness (QED) is 0.710. The highest BCUT2D eigenvalue weighted by atomic mass is 32.1. The Morgan fingerprint density at radius 3 is 2.79 bits per heavy atom. The standard InChI is InChI=1S/C19H21N5O3S/c1-11-16(24-19(21-11)28-12(2)22-24)9-20-18(26)13-8-17(25)23(10-13)14-4-6-15(27-3)7-5-14/h4-7,13H,8-10H2,1-3H3,(H,20,26). The smallest absolute Gasteiger partial charge is 0.227 e. The second-order valence-corrected chi connectivity index (χ2v) is 7.94. The number of aromatic nitrogens is 3. The minimum absolute atomic E-state index is 0.0524. The zero-order valence-corrected chi connectivity index (χ0v) is 16.7. The van der Waals surface area contributed by atoms with Crippen molar-refractivity contribution in [3.05, 3.63) is 40.7 Å². The fraction of sp³-hybridized carbons (Fsp3) is 0.368. The summed E-state index contributed by atoms with van der Waals surface area (Å²) in [6, 6.07) is 7.26. The minimum Gasteiger partial charge on any atom is -0.497 e. The Labute approximate surface area is 166 Å². The maximum atomic E-state index is 12.7. The van der Waals surface area contributed by atoms with Crippen LogP contribution in [0.1, 0.15) is 22.8 Å². The molecule has 1 saturated heterocycles. The number of imidazole rings is 1. The van der Waals surface area contributed by atoms with Crippen molar-refractivity contribution in [2.75, 3.05) is 18.6 Å². The van der Waals surface area contributed by atoms with Crippen LogP contribution in [0.2, 0.25) is 0 Å². The van der Waals surface area contributed by atoms with Gasteiger partial charge in [-0.2, -0.15) is 5.10 Å². The summed E-state index contributed by atoms with van der Waals surface area (Å²) in [5.41, 5.74) is 2.48. The van der Waals surface area contributed by atoms with Crippen molar-refractivity contribution < 1.29 is 14.3 Å². The number of benzene rings is 1. The summed E-state index contributed by atoms with van der Waals surface area (Å²) in [6.07, 6.45) is 0.203. The Morgan fingerprint density at radius 1 is 1.32 bits per heavy atom. The molecular formula is C19H21N5O3S. The van der Waals surface area contributed by atoms with E-state index in [-0.39, 0.29) is 24.2 Å². The van der Waals surface area contributed by atoms with Crippen LogP contribution in [0.3, 0.4) is 0 Å². The molecule has 1 aliphatic heterocycles. The lowest BCUT2D eigenvalue weighted by atomic mass is 10.1. The highest BCUT2D eigenvalue weighted by Gasteiger charge is 2.35. The van der Waals surface area contributed by atoms with E-state index in [1.54, 1.807) is 28.7 Å². The Kier molecular flexibility index (Phi) is 4.76. The van der Waals surface area contributed by atoms with Crippen molar-refractivity contribution in [1.82, 2.24) is 19.9 Å². The van der Waals surface area contributed by atoms with Crippen molar-refractivity contribution >= 4 is 33.8 Å². The van der Waals surface area contributed by atoms with Crippen LogP contribution in [0.5, 0.6) is 5.75 Å². The highest BCUT2D eigenvalue weighted by molar-refractivity contribution is 7.16. The molecular weight excluding hydrogens is 378 g/mol. The van der Waals surface area contributed by atoms with Gasteiger partial charge in [0.2, 0.25) is 16.8 Å². The van der Waals surface area contributed by atoms with E-state index in [1.807, 2.05) is 26.0 Å². The predicted molar refractivity (Wildman–Crippen MR) is 106 cm³/mol. The molecule has 1 atom stereocenters. The molecule has 0 bridgehead atoms. The van der Waals surface area contributed by atoms with E-state index in [1.165, 1.54) is 11.3 Å². The first-order valence-electron chi connectivity index (χ1n) is 9.00. The summed E-state index contributed by atoms with van der Waals surface area (Å²) in [5, 5.41) is 8.30. The molecule has 1 aromatic carbocycles. The summed E-state index contributed by atoms with van der Waals surface area (Å²) < 4.78 is 6.92. The molecule has 1 N–H and O–H groups in total. The number of ether oxygens (including phenoxy) is 1. The number of fused-ring (bicyclic) bond motifs is 1. The summed E-state index contributed by atoms with van der Waals surface area (Å²) in [7, 11) is 1.60. The first-order valence-corrected chi connectivity index (χ1v) is 9.81. The summed E-state index contributed by atoms with van der Waals surface area (Å²) in [6.45, 7) is 4.54. The Morgan fingerprint density at radius 2 is 2.07 bits per heavy atom. The number of amides is 2. The molecule has 28 heavy (non-hydrogen) atoms. The van der Waals surface area contributed by atoms with Gasteiger partial charge in [-0.15, -0.1) is 0 Å². The molecule has 9 heteroatoms. The molecule has 3 aromatic rings. The number of hydrogen-bond acceptors (Lipinski definition) is 6. The number of aryl methyl sites for hydroxylation is 2. The van der Waals surface area contributed by atoms with Gasteiger partial charge in [-0.25, -0.2) is 9.50 Å². The Balaban J connectivity index is 1.42. The second kappa shape index (κ2) is 7.23. The maximum absolute atomic E-state index is 12.7. The maximum Gasteiger partial charge on any atom is 0.227 e. The molecule has 0 aliphatic carbocycles. The number of methoxy groups -OCH3 is 1. The van der Waals surface area contributed by atoms with E-state index in [9.17, 15) is 9.59 Å². The number of nitrogens with one attached hydrogen (secondary N) is 1. The lowest BCUT2D eigenvalue weighted by Crippen LogP contribution is -2.33. The van der Waals surface area contributed by atoms with Crippen molar-refractivity contribution in [3.8, 4) is 5.75 Å². The van der Waals surface area contributed by atoms with E-state index in [0.717, 1.165) is 32.8 Å². The van der Waals surface area contributed by atoms with E-state index < -0.39 is 0 Å². The molecule has 8 nitrogen and oxygen atoms in total. The van der Waals surface area contributed by atoms with Gasteiger partial charge in [0.1, 0.15) is 10.8 Å². The molecule has 3 heterocycles. The van der Waals surface area contributed by atoms with E-state index >= 15 is 0 Å². The van der Waals surface area contributed by atoms with Gasteiger partial charge in [-0.3, -0.25) is 9.59 Å². The van der Waals surface area contributed by atoms with Crippen LogP contribution in [0.4, 0.5) is 5.69 Å². The third kappa shape index (κ3) is 3.33. The molecule has 1 fully saturated rings. The van der Waals surface area contributed by atoms with Crippen LogP contribution in [-0.4, -0.2) is 40.1 Å². The van der Waals surface area contributed by atoms with Gasteiger partial charge >= 0.3 is 0 Å². The van der Waals surface area contributed by atoms with Crippen LogP contribution < -0.4 is 15.0 Å². The van der Waals surface area contributed by atoms with E-state index in [0.29, 0.717) is 13.1 Å². The van der Waals surface area contributed by atoms with Crippen LogP contribution in [0, 0.1) is 19.8 Å². The second-order valence-electron chi connectivity index (χ2n) is 6.78. The first-order chi connectivity index (χ1) is 13.5. The van der Waals surface area contributed by atoms with Gasteiger partial charge < -0.3 is 15.0 Å². The molecule has 0 radical (unpaired) electrons. The number of rotatable bonds is 5. The Bertz CT molecular complexity index is 1040. The van der Waals surface area contributed by atoms with E-state index in [4.69, 9.17) is 4.74 Å². The largest absolute Gasteiger partial charge is 0.497 e. The lowest BCUT2D eigenvalue weighted by Gasteiger charge is -2.17. The lowest BCUT2D eigenvalue weighted by molar-refractivity contribution is -0.126. The number of nitrogens with zero attached hydrogens (tertiary/aromatic N) is 4. The molecule has 2 amide bonds. The zero-order valence-electron chi connectivity index (χ0n) is 15.9. The number of carbonyl (C=O) groups excluding carboxylic acids is 2. The third-order valence-corrected chi connectivity index (χ3v) is 5.73. The molecule has 2 aromatic heterocycles. The van der Waals surface area contributed by atoms with Crippen LogP contribution >= 0.6 is 11.3 Å². The number of anilines is 1. The summed E-state index contributed by atoms with van der Waals surface area (Å²) >= 11 is 1.52. The van der Waals surface area contributed by atoms with Crippen molar-refractivity contribution in [2.45, 2.75) is 26.8 Å². The van der Waals surface area contributed by atoms with Crippen molar-refractivity contribution in [2.24, 2.45) is 5.92 Å². The number of carbonyl (C=O) groups is 2. The summed E-state index contributed by atoms with van der Waals surface area (Å²) in [5.74, 6) is 0.161. The molecule has 4 rings (SSSR count). The molecule has 1 unspecified atom stereocenters. The van der Waals surface area contributed by atoms with Gasteiger partial charge in [0, 0.05) is 18.7 Å². The molecule has 0 saturated carbocycles. The fourth-order valence-corrected chi connectivity index (χ4v) is 4.21. The van der Waals surface area contributed by atoms with Gasteiger partial charge in [-0.1, -0.05) is 11.3 Å². The first kappa shape index (κ1) is 18.4. The molecule has 1 aliphatic rings. The van der Waals surface area contributed by atoms with Crippen LogP contribution in [-0.2, 0) is 16.1 Å².